The highest BCUT2D eigenvalue weighted by Crippen LogP contribution is 2.35. The van der Waals surface area contributed by atoms with Crippen molar-refractivity contribution in [2.24, 2.45) is 0 Å². The van der Waals surface area contributed by atoms with E-state index in [9.17, 15) is 4.79 Å². The SMILES string of the molecule is CCn1cc(C=C2Oc3cc(OCC=Cc4ccccc4)ccc3C2=O)c2ccccc21. The van der Waals surface area contributed by atoms with Gasteiger partial charge in [-0.15, -0.1) is 0 Å². The van der Waals surface area contributed by atoms with E-state index in [2.05, 4.69) is 29.8 Å². The average Bonchev–Trinajstić information content (AvgIpc) is 3.34. The number of aromatic nitrogens is 1. The molecule has 1 aliphatic rings. The molecule has 3 aromatic carbocycles. The lowest BCUT2D eigenvalue weighted by atomic mass is 10.1. The number of nitrogens with zero attached hydrogens (tertiary/aromatic N) is 1. The van der Waals surface area contributed by atoms with E-state index in [-0.39, 0.29) is 5.78 Å². The van der Waals surface area contributed by atoms with Crippen molar-refractivity contribution in [3.05, 3.63) is 108 Å². The monoisotopic (exact) mass is 421 g/mol. The van der Waals surface area contributed by atoms with Gasteiger partial charge in [0.1, 0.15) is 18.1 Å². The Morgan fingerprint density at radius 1 is 1.00 bits per heavy atom. The number of Topliss-reactive ketones (excluding diaryl/α,β-unsaturated/α-hetero) is 1. The number of carbonyl (C=O) groups excluding carboxylic acids is 1. The van der Waals surface area contributed by atoms with Crippen LogP contribution in [0.1, 0.15) is 28.4 Å². The van der Waals surface area contributed by atoms with Crippen molar-refractivity contribution in [3.63, 3.8) is 0 Å². The number of benzene rings is 3. The maximum atomic E-state index is 12.9. The minimum atomic E-state index is -0.108. The van der Waals surface area contributed by atoms with Crippen molar-refractivity contribution >= 4 is 28.8 Å². The van der Waals surface area contributed by atoms with Crippen LogP contribution in [0.4, 0.5) is 0 Å². The van der Waals surface area contributed by atoms with E-state index in [1.165, 1.54) is 0 Å². The van der Waals surface area contributed by atoms with Gasteiger partial charge in [-0.25, -0.2) is 0 Å². The summed E-state index contributed by atoms with van der Waals surface area (Å²) in [5.74, 6) is 1.42. The third-order valence-electron chi connectivity index (χ3n) is 5.54. The maximum absolute atomic E-state index is 12.9. The second kappa shape index (κ2) is 8.60. The summed E-state index contributed by atoms with van der Waals surface area (Å²) in [6.07, 6.45) is 7.87. The van der Waals surface area contributed by atoms with E-state index in [0.29, 0.717) is 29.4 Å². The molecule has 1 aromatic heterocycles. The van der Waals surface area contributed by atoms with Gasteiger partial charge < -0.3 is 14.0 Å². The highest BCUT2D eigenvalue weighted by Gasteiger charge is 2.28. The van der Waals surface area contributed by atoms with Crippen molar-refractivity contribution in [1.82, 2.24) is 4.57 Å². The molecule has 32 heavy (non-hydrogen) atoms. The highest BCUT2D eigenvalue weighted by molar-refractivity contribution is 6.15. The van der Waals surface area contributed by atoms with Crippen molar-refractivity contribution in [2.45, 2.75) is 13.5 Å². The molecule has 0 bridgehead atoms. The standard InChI is InChI=1S/C28H23NO3/c1-2-29-19-21(23-12-6-7-13-25(23)29)17-27-28(30)24-15-14-22(18-26(24)32-27)31-16-8-11-20-9-4-3-5-10-20/h3-15,17-19H,2,16H2,1H3. The molecule has 0 aliphatic carbocycles. The zero-order valence-corrected chi connectivity index (χ0v) is 17.8. The minimum absolute atomic E-state index is 0.108. The number of para-hydroxylation sites is 1. The second-order valence-corrected chi connectivity index (χ2v) is 7.61. The smallest absolute Gasteiger partial charge is 0.231 e. The summed E-state index contributed by atoms with van der Waals surface area (Å²) < 4.78 is 13.9. The van der Waals surface area contributed by atoms with Gasteiger partial charge >= 0.3 is 0 Å². The molecule has 0 spiro atoms. The molecule has 4 nitrogen and oxygen atoms in total. The zero-order chi connectivity index (χ0) is 21.9. The van der Waals surface area contributed by atoms with Crippen molar-refractivity contribution < 1.29 is 14.3 Å². The van der Waals surface area contributed by atoms with Crippen LogP contribution in [0.15, 0.2) is 90.8 Å². The lowest BCUT2D eigenvalue weighted by Crippen LogP contribution is -1.98. The van der Waals surface area contributed by atoms with E-state index >= 15 is 0 Å². The number of allylic oxidation sites excluding steroid dienone is 1. The molecular weight excluding hydrogens is 398 g/mol. The van der Waals surface area contributed by atoms with Crippen LogP contribution in [0.3, 0.4) is 0 Å². The number of carbonyl (C=O) groups is 1. The van der Waals surface area contributed by atoms with Crippen LogP contribution < -0.4 is 9.47 Å². The first-order chi connectivity index (χ1) is 15.7. The van der Waals surface area contributed by atoms with Gasteiger partial charge in [0.25, 0.3) is 0 Å². The average molecular weight is 421 g/mol. The number of hydrogen-bond donors (Lipinski definition) is 0. The largest absolute Gasteiger partial charge is 0.489 e. The van der Waals surface area contributed by atoms with E-state index in [1.807, 2.05) is 66.8 Å². The second-order valence-electron chi connectivity index (χ2n) is 7.61. The zero-order valence-electron chi connectivity index (χ0n) is 17.8. The summed E-state index contributed by atoms with van der Waals surface area (Å²) in [7, 11) is 0. The van der Waals surface area contributed by atoms with Crippen LogP contribution in [0.2, 0.25) is 0 Å². The Labute approximate surface area is 187 Å². The van der Waals surface area contributed by atoms with Crippen LogP contribution in [0.25, 0.3) is 23.1 Å². The predicted molar refractivity (Wildman–Crippen MR) is 128 cm³/mol. The molecule has 0 N–H and O–H groups in total. The van der Waals surface area contributed by atoms with Gasteiger partial charge in [-0.05, 0) is 42.8 Å². The number of ether oxygens (including phenoxy) is 2. The number of aryl methyl sites for hydroxylation is 1. The first-order valence-corrected chi connectivity index (χ1v) is 10.7. The number of hydrogen-bond acceptors (Lipinski definition) is 3. The van der Waals surface area contributed by atoms with E-state index in [0.717, 1.165) is 28.6 Å². The van der Waals surface area contributed by atoms with Crippen molar-refractivity contribution in [3.8, 4) is 11.5 Å². The molecule has 4 aromatic rings. The van der Waals surface area contributed by atoms with E-state index < -0.39 is 0 Å². The van der Waals surface area contributed by atoms with Crippen LogP contribution >= 0.6 is 0 Å². The normalized spacial score (nSPS) is 14.3. The molecule has 5 rings (SSSR count). The summed E-state index contributed by atoms with van der Waals surface area (Å²) in [5.41, 5.74) is 3.80. The van der Waals surface area contributed by atoms with Gasteiger partial charge in [0, 0.05) is 35.3 Å². The summed E-state index contributed by atoms with van der Waals surface area (Å²) in [5, 5.41) is 1.10. The molecule has 0 amide bonds. The number of rotatable bonds is 6. The molecule has 4 heteroatoms. The third-order valence-corrected chi connectivity index (χ3v) is 5.54. The Balaban J connectivity index is 1.33. The van der Waals surface area contributed by atoms with Crippen LogP contribution in [0.5, 0.6) is 11.5 Å². The lowest BCUT2D eigenvalue weighted by Gasteiger charge is -2.04. The van der Waals surface area contributed by atoms with Crippen LogP contribution in [-0.2, 0) is 6.54 Å². The predicted octanol–water partition coefficient (Wildman–Crippen LogP) is 6.37. The summed E-state index contributed by atoms with van der Waals surface area (Å²) in [6, 6.07) is 23.6. The number of fused-ring (bicyclic) bond motifs is 2. The van der Waals surface area contributed by atoms with Gasteiger partial charge in [0.15, 0.2) is 5.76 Å². The van der Waals surface area contributed by atoms with Gasteiger partial charge in [0.2, 0.25) is 5.78 Å². The summed E-state index contributed by atoms with van der Waals surface area (Å²) in [4.78, 5) is 12.9. The van der Waals surface area contributed by atoms with Crippen molar-refractivity contribution in [2.75, 3.05) is 6.61 Å². The molecule has 0 saturated carbocycles. The van der Waals surface area contributed by atoms with E-state index in [1.54, 1.807) is 12.1 Å². The van der Waals surface area contributed by atoms with Crippen molar-refractivity contribution in [1.29, 1.82) is 0 Å². The number of ketones is 1. The molecular formula is C28H23NO3. The first-order valence-electron chi connectivity index (χ1n) is 10.7. The molecule has 0 atom stereocenters. The molecule has 0 unspecified atom stereocenters. The molecule has 0 radical (unpaired) electrons. The summed E-state index contributed by atoms with van der Waals surface area (Å²) >= 11 is 0. The quantitative estimate of drug-likeness (QED) is 0.340. The van der Waals surface area contributed by atoms with Crippen LogP contribution in [0, 0.1) is 0 Å². The van der Waals surface area contributed by atoms with Gasteiger partial charge in [0.05, 0.1) is 5.56 Å². The summed E-state index contributed by atoms with van der Waals surface area (Å²) in [6.45, 7) is 3.39. The fourth-order valence-corrected chi connectivity index (χ4v) is 3.94. The van der Waals surface area contributed by atoms with Gasteiger partial charge in [-0.2, -0.15) is 0 Å². The lowest BCUT2D eigenvalue weighted by molar-refractivity contribution is 0.101. The molecule has 0 fully saturated rings. The Kier molecular flexibility index (Phi) is 5.34. The topological polar surface area (TPSA) is 40.5 Å². The fourth-order valence-electron chi connectivity index (χ4n) is 3.94. The molecule has 2 heterocycles. The van der Waals surface area contributed by atoms with E-state index in [4.69, 9.17) is 9.47 Å². The maximum Gasteiger partial charge on any atom is 0.231 e. The Morgan fingerprint density at radius 3 is 2.66 bits per heavy atom. The van der Waals surface area contributed by atoms with Gasteiger partial charge in [-0.3, -0.25) is 4.79 Å². The fraction of sp³-hybridized carbons (Fsp3) is 0.107. The first kappa shape index (κ1) is 19.9. The highest BCUT2D eigenvalue weighted by atomic mass is 16.5. The third kappa shape index (κ3) is 3.83. The Bertz CT molecular complexity index is 1350. The molecule has 1 aliphatic heterocycles. The van der Waals surface area contributed by atoms with Crippen LogP contribution in [-0.4, -0.2) is 17.0 Å². The Morgan fingerprint density at radius 2 is 1.81 bits per heavy atom. The molecule has 0 saturated heterocycles. The molecule has 158 valence electrons. The van der Waals surface area contributed by atoms with Gasteiger partial charge in [-0.1, -0.05) is 54.6 Å². The minimum Gasteiger partial charge on any atom is -0.489 e. The Hall–Kier alpha value is -4.05.